The monoisotopic (exact) mass is 223 g/mol. The van der Waals surface area contributed by atoms with Gasteiger partial charge in [-0.3, -0.25) is 9.48 Å². The number of nitrogens with zero attached hydrogens (tertiary/aromatic N) is 3. The van der Waals surface area contributed by atoms with Crippen molar-refractivity contribution in [3.05, 3.63) is 17.5 Å². The molecule has 1 aromatic heterocycles. The molecule has 1 aliphatic rings. The highest BCUT2D eigenvalue weighted by atomic mass is 16.4. The Morgan fingerprint density at radius 3 is 2.94 bits per heavy atom. The third-order valence-electron chi connectivity index (χ3n) is 2.80. The predicted octanol–water partition coefficient (Wildman–Crippen LogP) is 0.241. The summed E-state index contributed by atoms with van der Waals surface area (Å²) in [6.45, 7) is 1.03. The molecule has 16 heavy (non-hydrogen) atoms. The molecule has 0 radical (unpaired) electrons. The van der Waals surface area contributed by atoms with Crippen molar-refractivity contribution < 1.29 is 14.7 Å². The Hall–Kier alpha value is -1.85. The van der Waals surface area contributed by atoms with Gasteiger partial charge in [-0.1, -0.05) is 0 Å². The van der Waals surface area contributed by atoms with Crippen LogP contribution in [0.2, 0.25) is 0 Å². The molecule has 0 unspecified atom stereocenters. The summed E-state index contributed by atoms with van der Waals surface area (Å²) in [5.41, 5.74) is 0.741. The molecule has 6 heteroatoms. The van der Waals surface area contributed by atoms with Gasteiger partial charge in [0.15, 0.2) is 0 Å². The zero-order valence-electron chi connectivity index (χ0n) is 9.01. The van der Waals surface area contributed by atoms with Gasteiger partial charge < -0.3 is 10.0 Å². The molecule has 1 saturated heterocycles. The largest absolute Gasteiger partial charge is 0.478 e. The summed E-state index contributed by atoms with van der Waals surface area (Å²) >= 11 is 0. The first-order valence-electron chi connectivity index (χ1n) is 5.11. The van der Waals surface area contributed by atoms with Gasteiger partial charge in [-0.25, -0.2) is 4.79 Å². The Balaban J connectivity index is 2.23. The van der Waals surface area contributed by atoms with Crippen molar-refractivity contribution in [3.63, 3.8) is 0 Å². The van der Waals surface area contributed by atoms with Gasteiger partial charge in [-0.15, -0.1) is 0 Å². The van der Waals surface area contributed by atoms with E-state index in [4.69, 9.17) is 5.11 Å². The first-order chi connectivity index (χ1) is 7.59. The van der Waals surface area contributed by atoms with Crippen LogP contribution in [0.3, 0.4) is 0 Å². The van der Waals surface area contributed by atoms with Crippen molar-refractivity contribution in [3.8, 4) is 0 Å². The number of carboxylic acid groups (broad SMARTS) is 1. The van der Waals surface area contributed by atoms with Crippen molar-refractivity contribution in [2.24, 2.45) is 7.05 Å². The molecule has 1 N–H and O–H groups in total. The normalized spacial score (nSPS) is 15.8. The molecule has 6 nitrogen and oxygen atoms in total. The van der Waals surface area contributed by atoms with Crippen LogP contribution in [0.15, 0.2) is 6.20 Å². The molecule has 1 amide bonds. The smallest absolute Gasteiger partial charge is 0.339 e. The summed E-state index contributed by atoms with van der Waals surface area (Å²) in [7, 11) is 1.68. The van der Waals surface area contributed by atoms with Crippen LogP contribution >= 0.6 is 0 Å². The molecule has 0 saturated carbocycles. The summed E-state index contributed by atoms with van der Waals surface area (Å²) in [5, 5.41) is 12.9. The molecule has 0 aliphatic carbocycles. The van der Waals surface area contributed by atoms with Crippen molar-refractivity contribution >= 4 is 11.9 Å². The van der Waals surface area contributed by atoms with E-state index in [1.807, 2.05) is 0 Å². The minimum atomic E-state index is -1.00. The molecule has 0 aromatic carbocycles. The van der Waals surface area contributed by atoms with Gasteiger partial charge in [0.05, 0.1) is 18.4 Å². The minimum absolute atomic E-state index is 0.0811. The van der Waals surface area contributed by atoms with E-state index in [1.165, 1.54) is 10.9 Å². The highest BCUT2D eigenvalue weighted by molar-refractivity contribution is 5.88. The number of rotatable bonds is 3. The van der Waals surface area contributed by atoms with E-state index in [9.17, 15) is 9.59 Å². The Bertz CT molecular complexity index is 439. The van der Waals surface area contributed by atoms with Crippen molar-refractivity contribution in [2.75, 3.05) is 6.54 Å². The van der Waals surface area contributed by atoms with Crippen LogP contribution in [0.25, 0.3) is 0 Å². The van der Waals surface area contributed by atoms with Crippen molar-refractivity contribution in [1.82, 2.24) is 14.7 Å². The highest BCUT2D eigenvalue weighted by Gasteiger charge is 2.24. The molecule has 0 atom stereocenters. The Kier molecular flexibility index (Phi) is 2.64. The summed E-state index contributed by atoms with van der Waals surface area (Å²) in [6, 6.07) is 0. The van der Waals surface area contributed by atoms with Crippen LogP contribution in [0.1, 0.15) is 28.9 Å². The van der Waals surface area contributed by atoms with E-state index in [0.29, 0.717) is 25.2 Å². The SMILES string of the molecule is Cn1ncc(C(=O)O)c1CN1CCCC1=O. The third-order valence-corrected chi connectivity index (χ3v) is 2.80. The fourth-order valence-corrected chi connectivity index (χ4v) is 1.88. The molecule has 1 aromatic rings. The van der Waals surface area contributed by atoms with Gasteiger partial charge in [-0.2, -0.15) is 5.10 Å². The number of aryl methyl sites for hydroxylation is 1. The molecule has 1 aliphatic heterocycles. The molecular formula is C10H13N3O3. The lowest BCUT2D eigenvalue weighted by Crippen LogP contribution is -2.26. The summed E-state index contributed by atoms with van der Waals surface area (Å²) in [5.74, 6) is -0.924. The third kappa shape index (κ3) is 1.78. The zero-order chi connectivity index (χ0) is 11.7. The maximum absolute atomic E-state index is 11.4. The standard InChI is InChI=1S/C10H13N3O3/c1-12-8(7(5-11-12)10(15)16)6-13-4-2-3-9(13)14/h5H,2-4,6H2,1H3,(H,15,16). The predicted molar refractivity (Wildman–Crippen MR) is 54.8 cm³/mol. The van der Waals surface area contributed by atoms with Crippen molar-refractivity contribution in [1.29, 1.82) is 0 Å². The number of aromatic nitrogens is 2. The van der Waals surface area contributed by atoms with Gasteiger partial charge in [-0.05, 0) is 6.42 Å². The number of carbonyl (C=O) groups is 2. The summed E-state index contributed by atoms with van der Waals surface area (Å²) < 4.78 is 1.51. The Morgan fingerprint density at radius 1 is 1.62 bits per heavy atom. The number of carboxylic acids is 1. The van der Waals surface area contributed by atoms with Gasteiger partial charge in [0, 0.05) is 20.0 Å². The van der Waals surface area contributed by atoms with Crippen LogP contribution in [0.4, 0.5) is 0 Å². The second kappa shape index (κ2) is 3.96. The number of hydrogen-bond donors (Lipinski definition) is 1. The van der Waals surface area contributed by atoms with E-state index in [1.54, 1.807) is 11.9 Å². The maximum atomic E-state index is 11.4. The van der Waals surface area contributed by atoms with E-state index in [-0.39, 0.29) is 11.5 Å². The molecule has 2 rings (SSSR count). The van der Waals surface area contributed by atoms with E-state index in [0.717, 1.165) is 6.42 Å². The Morgan fingerprint density at radius 2 is 2.38 bits per heavy atom. The van der Waals surface area contributed by atoms with Crippen LogP contribution in [-0.2, 0) is 18.4 Å². The lowest BCUT2D eigenvalue weighted by Gasteiger charge is -2.15. The summed E-state index contributed by atoms with van der Waals surface area (Å²) in [4.78, 5) is 24.0. The Labute approximate surface area is 92.5 Å². The molecular weight excluding hydrogens is 210 g/mol. The fraction of sp³-hybridized carbons (Fsp3) is 0.500. The number of amides is 1. The highest BCUT2D eigenvalue weighted by Crippen LogP contribution is 2.16. The molecule has 86 valence electrons. The first kappa shape index (κ1) is 10.7. The second-order valence-corrected chi connectivity index (χ2v) is 3.85. The van der Waals surface area contributed by atoms with Gasteiger partial charge in [0.25, 0.3) is 0 Å². The average Bonchev–Trinajstić information content (AvgIpc) is 2.76. The van der Waals surface area contributed by atoms with E-state index >= 15 is 0 Å². The lowest BCUT2D eigenvalue weighted by molar-refractivity contribution is -0.128. The summed E-state index contributed by atoms with van der Waals surface area (Å²) in [6.07, 6.45) is 2.72. The minimum Gasteiger partial charge on any atom is -0.478 e. The molecule has 1 fully saturated rings. The van der Waals surface area contributed by atoms with E-state index < -0.39 is 5.97 Å². The number of hydrogen-bond acceptors (Lipinski definition) is 3. The van der Waals surface area contributed by atoms with Crippen molar-refractivity contribution in [2.45, 2.75) is 19.4 Å². The van der Waals surface area contributed by atoms with Crippen LogP contribution in [0, 0.1) is 0 Å². The number of likely N-dealkylation sites (tertiary alicyclic amines) is 1. The fourth-order valence-electron chi connectivity index (χ4n) is 1.88. The lowest BCUT2D eigenvalue weighted by atomic mass is 10.2. The van der Waals surface area contributed by atoms with Gasteiger partial charge >= 0.3 is 5.97 Å². The van der Waals surface area contributed by atoms with E-state index in [2.05, 4.69) is 5.10 Å². The second-order valence-electron chi connectivity index (χ2n) is 3.85. The molecule has 2 heterocycles. The van der Waals surface area contributed by atoms with Gasteiger partial charge in [0.1, 0.15) is 5.56 Å². The maximum Gasteiger partial charge on any atom is 0.339 e. The topological polar surface area (TPSA) is 75.4 Å². The van der Waals surface area contributed by atoms with Gasteiger partial charge in [0.2, 0.25) is 5.91 Å². The zero-order valence-corrected chi connectivity index (χ0v) is 9.01. The first-order valence-corrected chi connectivity index (χ1v) is 5.11. The average molecular weight is 223 g/mol. The van der Waals surface area contributed by atoms with Crippen LogP contribution in [0.5, 0.6) is 0 Å². The van der Waals surface area contributed by atoms with Crippen LogP contribution < -0.4 is 0 Å². The quantitative estimate of drug-likeness (QED) is 0.796. The number of carbonyl (C=O) groups excluding carboxylic acids is 1. The van der Waals surface area contributed by atoms with Crippen LogP contribution in [-0.4, -0.2) is 38.2 Å². The number of aromatic carboxylic acids is 1. The molecule has 0 bridgehead atoms. The molecule has 0 spiro atoms.